The van der Waals surface area contributed by atoms with Crippen molar-refractivity contribution in [3.05, 3.63) is 189 Å². The van der Waals surface area contributed by atoms with Crippen molar-refractivity contribution in [1.82, 2.24) is 0 Å². The maximum atomic E-state index is 15.4. The molecule has 0 N–H and O–H groups in total. The van der Waals surface area contributed by atoms with E-state index in [0.29, 0.717) is 12.1 Å². The van der Waals surface area contributed by atoms with Crippen molar-refractivity contribution >= 4 is 44.6 Å². The summed E-state index contributed by atoms with van der Waals surface area (Å²) in [6, 6.07) is 17.3. The Morgan fingerprint density at radius 3 is 1.00 bits per heavy atom. The first-order valence-electron chi connectivity index (χ1n) is 17.7. The summed E-state index contributed by atoms with van der Waals surface area (Å²) in [5, 5.41) is 2.30. The Morgan fingerprint density at radius 1 is 0.409 bits per heavy atom. The van der Waals surface area contributed by atoms with Gasteiger partial charge < -0.3 is 4.74 Å². The number of aromatic nitrogens is 1. The number of ketones is 1. The smallest absolute Gasteiger partial charge is 0.227 e. The van der Waals surface area contributed by atoms with Crippen LogP contribution in [-0.4, -0.2) is 19.0 Å². The number of ether oxygens (including phenoxy) is 1. The van der Waals surface area contributed by atoms with Crippen molar-refractivity contribution < 1.29 is 102 Å². The lowest BCUT2D eigenvalue weighted by molar-refractivity contribution is -0.681. The third-order valence-corrected chi connectivity index (χ3v) is 10.2. The van der Waals surface area contributed by atoms with E-state index in [2.05, 4.69) is 6.07 Å². The Hall–Kier alpha value is -7.14. The molecular formula is C42H16BF20NO2. The van der Waals surface area contributed by atoms with Crippen LogP contribution in [0.2, 0.25) is 0 Å². The van der Waals surface area contributed by atoms with E-state index in [1.54, 1.807) is 31.4 Å². The molecule has 0 radical (unpaired) electrons. The zero-order chi connectivity index (χ0) is 49.0. The van der Waals surface area contributed by atoms with Gasteiger partial charge in [0, 0.05) is 17.0 Å². The molecule has 1 aromatic heterocycles. The standard InChI is InChI=1S/C24BF20.C18H16NO2/c26-5-1(6(27)14(35)21(42)13(5)34)25(2-7(28)15(36)22(43)16(37)8(2)29,3-9(30)17(38)23(44)18(39)10(3)31)4-11(32)19(40)24(45)20(41)12(4)33;1-21-17-8-6-15(7-9-17)18(20)13-19-11-10-14-4-2-3-5-16(14)12-19/h;2-12H,13H2,1H3/q-1;+1. The van der Waals surface area contributed by atoms with Gasteiger partial charge in [0.2, 0.25) is 12.3 Å². The van der Waals surface area contributed by atoms with Gasteiger partial charge in [-0.2, -0.15) is 4.57 Å². The zero-order valence-electron chi connectivity index (χ0n) is 32.0. The van der Waals surface area contributed by atoms with Gasteiger partial charge in [0.1, 0.15) is 58.4 Å². The molecule has 6 aromatic carbocycles. The normalized spacial score (nSPS) is 11.5. The molecule has 24 heteroatoms. The highest BCUT2D eigenvalue weighted by atomic mass is 19.2. The van der Waals surface area contributed by atoms with Gasteiger partial charge >= 0.3 is 0 Å². The molecule has 0 fully saturated rings. The number of fused-ring (bicyclic) bond motifs is 1. The second-order valence-corrected chi connectivity index (χ2v) is 13.7. The largest absolute Gasteiger partial charge is 0.497 e. The van der Waals surface area contributed by atoms with Gasteiger partial charge in [-0.25, -0.2) is 87.8 Å². The minimum atomic E-state index is -7.22. The molecule has 66 heavy (non-hydrogen) atoms. The van der Waals surface area contributed by atoms with E-state index in [1.807, 2.05) is 41.2 Å². The summed E-state index contributed by atoms with van der Waals surface area (Å²) in [4.78, 5) is 12.3. The number of carbonyl (C=O) groups excluding carboxylic acids is 1. The molecule has 7 rings (SSSR count). The van der Waals surface area contributed by atoms with Crippen molar-refractivity contribution in [2.24, 2.45) is 0 Å². The zero-order valence-corrected chi connectivity index (χ0v) is 32.0. The molecule has 0 saturated heterocycles. The number of benzene rings is 6. The molecule has 1 heterocycles. The van der Waals surface area contributed by atoms with Crippen LogP contribution in [0.15, 0.2) is 67.0 Å². The molecule has 0 amide bonds. The molecule has 344 valence electrons. The van der Waals surface area contributed by atoms with Gasteiger partial charge in [0.05, 0.1) is 7.11 Å². The molecular weight excluding hydrogens is 941 g/mol. The van der Waals surface area contributed by atoms with Crippen molar-refractivity contribution in [3.63, 3.8) is 0 Å². The molecule has 0 spiro atoms. The van der Waals surface area contributed by atoms with Crippen LogP contribution in [0.1, 0.15) is 10.4 Å². The first-order valence-corrected chi connectivity index (χ1v) is 17.7. The Bertz CT molecular complexity index is 2750. The lowest BCUT2D eigenvalue weighted by Gasteiger charge is -2.44. The molecule has 0 saturated carbocycles. The second kappa shape index (κ2) is 18.0. The third kappa shape index (κ3) is 7.59. The highest BCUT2D eigenvalue weighted by Gasteiger charge is 2.52. The summed E-state index contributed by atoms with van der Waals surface area (Å²) in [7, 11) is 1.61. The first-order chi connectivity index (χ1) is 31.0. The summed E-state index contributed by atoms with van der Waals surface area (Å²) in [6.07, 6.45) is -3.29. The molecule has 0 bridgehead atoms. The van der Waals surface area contributed by atoms with E-state index in [1.165, 1.54) is 5.39 Å². The van der Waals surface area contributed by atoms with E-state index < -0.39 is 144 Å². The van der Waals surface area contributed by atoms with Crippen molar-refractivity contribution in [2.45, 2.75) is 6.54 Å². The van der Waals surface area contributed by atoms with Crippen LogP contribution in [0.3, 0.4) is 0 Å². The third-order valence-electron chi connectivity index (χ3n) is 10.2. The van der Waals surface area contributed by atoms with Crippen LogP contribution in [0, 0.1) is 116 Å². The van der Waals surface area contributed by atoms with E-state index in [0.717, 1.165) is 11.1 Å². The highest BCUT2D eigenvalue weighted by Crippen LogP contribution is 2.31. The van der Waals surface area contributed by atoms with E-state index in [-0.39, 0.29) is 5.78 Å². The molecule has 0 aliphatic heterocycles. The number of carbonyl (C=O) groups is 1. The van der Waals surface area contributed by atoms with Gasteiger partial charge in [-0.3, -0.25) is 4.79 Å². The number of methoxy groups -OCH3 is 1. The number of nitrogens with zero attached hydrogens (tertiary/aromatic N) is 1. The predicted molar refractivity (Wildman–Crippen MR) is 191 cm³/mol. The molecule has 0 atom stereocenters. The van der Waals surface area contributed by atoms with Crippen LogP contribution in [-0.2, 0) is 6.54 Å². The molecule has 0 aliphatic carbocycles. The van der Waals surface area contributed by atoms with E-state index >= 15 is 35.1 Å². The van der Waals surface area contributed by atoms with Crippen molar-refractivity contribution in [1.29, 1.82) is 0 Å². The van der Waals surface area contributed by atoms with Crippen LogP contribution >= 0.6 is 0 Å². The first kappa shape index (κ1) is 48.3. The minimum absolute atomic E-state index is 0.0814. The molecule has 3 nitrogen and oxygen atoms in total. The lowest BCUT2D eigenvalue weighted by Crippen LogP contribution is -2.81. The summed E-state index contributed by atoms with van der Waals surface area (Å²) in [5.41, 5.74) is -13.6. The Balaban J connectivity index is 0.000000284. The Morgan fingerprint density at radius 2 is 0.697 bits per heavy atom. The summed E-state index contributed by atoms with van der Waals surface area (Å²) >= 11 is 0. The number of Topliss-reactive ketones (excluding diaryl/α,β-unsaturated/α-hetero) is 1. The Labute approximate surface area is 354 Å². The van der Waals surface area contributed by atoms with Gasteiger partial charge in [-0.1, -0.05) is 18.2 Å². The van der Waals surface area contributed by atoms with Crippen LogP contribution in [0.5, 0.6) is 5.75 Å². The predicted octanol–water partition coefficient (Wildman–Crippen LogP) is 8.86. The molecule has 0 unspecified atom stereocenters. The van der Waals surface area contributed by atoms with Crippen LogP contribution in [0.25, 0.3) is 10.8 Å². The van der Waals surface area contributed by atoms with E-state index in [4.69, 9.17) is 4.74 Å². The minimum Gasteiger partial charge on any atom is -0.497 e. The average Bonchev–Trinajstić information content (AvgIpc) is 3.31. The van der Waals surface area contributed by atoms with Crippen molar-refractivity contribution in [3.8, 4) is 5.75 Å². The van der Waals surface area contributed by atoms with Gasteiger partial charge in [0.25, 0.3) is 0 Å². The van der Waals surface area contributed by atoms with Gasteiger partial charge in [0.15, 0.2) is 82.2 Å². The summed E-state index contributed by atoms with van der Waals surface area (Å²) in [5.74, 6) is -70.6. The average molecular weight is 957 g/mol. The van der Waals surface area contributed by atoms with Crippen molar-refractivity contribution in [2.75, 3.05) is 7.11 Å². The topological polar surface area (TPSA) is 30.2 Å². The monoisotopic (exact) mass is 957 g/mol. The number of hydrogen-bond acceptors (Lipinski definition) is 2. The Kier molecular flexibility index (Phi) is 13.2. The van der Waals surface area contributed by atoms with Gasteiger partial charge in [-0.15, -0.1) is 21.9 Å². The fraction of sp³-hybridized carbons (Fsp3) is 0.0476. The van der Waals surface area contributed by atoms with Gasteiger partial charge in [-0.05, 0) is 35.7 Å². The molecule has 7 aromatic rings. The number of hydrogen-bond donors (Lipinski definition) is 0. The maximum Gasteiger partial charge on any atom is 0.227 e. The quantitative estimate of drug-likeness (QED) is 0.0381. The fourth-order valence-electron chi connectivity index (χ4n) is 7.18. The summed E-state index contributed by atoms with van der Waals surface area (Å²) in [6.45, 7) is 0.331. The fourth-order valence-corrected chi connectivity index (χ4v) is 7.18. The summed E-state index contributed by atoms with van der Waals surface area (Å²) < 4.78 is 301. The number of halogens is 20. The van der Waals surface area contributed by atoms with E-state index in [9.17, 15) is 57.5 Å². The number of rotatable bonds is 8. The maximum absolute atomic E-state index is 15.4. The van der Waals surface area contributed by atoms with Crippen LogP contribution in [0.4, 0.5) is 87.8 Å². The highest BCUT2D eigenvalue weighted by molar-refractivity contribution is 7.20. The van der Waals surface area contributed by atoms with Crippen LogP contribution < -0.4 is 31.2 Å². The SMILES string of the molecule is COc1ccc(C(=O)C[n+]2ccc3ccccc3c2)cc1.Fc1c(F)c(F)c([B-](c2c(F)c(F)c(F)c(F)c2F)(c2c(F)c(F)c(F)c(F)c2F)c2c(F)c(F)c(F)c(F)c2F)c(F)c1F. The number of pyridine rings is 1. The lowest BCUT2D eigenvalue weighted by atomic mass is 9.12. The second-order valence-electron chi connectivity index (χ2n) is 13.7. The molecule has 0 aliphatic rings.